The molecule has 0 aliphatic carbocycles. The van der Waals surface area contributed by atoms with Crippen molar-refractivity contribution in [2.75, 3.05) is 5.33 Å². The standard InChI is InChI=1S/C9H5BrFNO4/c10-3-9(14)6-1-5(4-13)7(11)2-8(6)12(15)16/h1-2,4H,3H2. The Morgan fingerprint density at radius 3 is 2.62 bits per heavy atom. The molecule has 16 heavy (non-hydrogen) atoms. The lowest BCUT2D eigenvalue weighted by molar-refractivity contribution is -0.385. The molecule has 0 atom stereocenters. The van der Waals surface area contributed by atoms with Gasteiger partial charge in [-0.25, -0.2) is 4.39 Å². The summed E-state index contributed by atoms with van der Waals surface area (Å²) in [5.41, 5.74) is -1.31. The van der Waals surface area contributed by atoms with Crippen LogP contribution in [0, 0.1) is 15.9 Å². The minimum atomic E-state index is -1.02. The molecule has 0 heterocycles. The van der Waals surface area contributed by atoms with Crippen LogP contribution in [0.5, 0.6) is 0 Å². The molecule has 0 saturated carbocycles. The Balaban J connectivity index is 3.48. The molecular weight excluding hydrogens is 285 g/mol. The number of rotatable bonds is 4. The van der Waals surface area contributed by atoms with Crippen molar-refractivity contribution in [1.82, 2.24) is 0 Å². The Morgan fingerprint density at radius 1 is 1.56 bits per heavy atom. The van der Waals surface area contributed by atoms with Crippen molar-refractivity contribution < 1.29 is 18.9 Å². The van der Waals surface area contributed by atoms with E-state index in [2.05, 4.69) is 15.9 Å². The summed E-state index contributed by atoms with van der Waals surface area (Å²) in [6, 6.07) is 1.45. The van der Waals surface area contributed by atoms with Crippen molar-refractivity contribution in [3.05, 3.63) is 39.2 Å². The van der Waals surface area contributed by atoms with Crippen molar-refractivity contribution >= 4 is 33.7 Å². The smallest absolute Gasteiger partial charge is 0.283 e. The highest BCUT2D eigenvalue weighted by molar-refractivity contribution is 9.09. The molecule has 0 amide bonds. The fraction of sp³-hybridized carbons (Fsp3) is 0.111. The van der Waals surface area contributed by atoms with Gasteiger partial charge < -0.3 is 0 Å². The van der Waals surface area contributed by atoms with E-state index in [1.165, 1.54) is 0 Å². The lowest BCUT2D eigenvalue weighted by atomic mass is 10.1. The molecule has 1 aromatic rings. The zero-order valence-corrected chi connectivity index (χ0v) is 9.36. The van der Waals surface area contributed by atoms with Gasteiger partial charge in [-0.1, -0.05) is 15.9 Å². The van der Waals surface area contributed by atoms with Gasteiger partial charge in [0.25, 0.3) is 5.69 Å². The first kappa shape index (κ1) is 12.4. The number of ketones is 1. The molecule has 5 nitrogen and oxygen atoms in total. The average Bonchev–Trinajstić information content (AvgIpc) is 2.27. The largest absolute Gasteiger partial charge is 0.298 e. The number of nitrogens with zero attached hydrogens (tertiary/aromatic N) is 1. The number of alkyl halides is 1. The van der Waals surface area contributed by atoms with Crippen molar-refractivity contribution in [2.24, 2.45) is 0 Å². The van der Waals surface area contributed by atoms with Gasteiger partial charge in [0.1, 0.15) is 5.82 Å². The van der Waals surface area contributed by atoms with Gasteiger partial charge in [0.2, 0.25) is 0 Å². The SMILES string of the molecule is O=Cc1cc(C(=O)CBr)c([N+](=O)[O-])cc1F. The first-order valence-electron chi connectivity index (χ1n) is 4.03. The van der Waals surface area contributed by atoms with Crippen LogP contribution in [-0.2, 0) is 0 Å². The lowest BCUT2D eigenvalue weighted by Crippen LogP contribution is -2.07. The molecule has 7 heteroatoms. The highest BCUT2D eigenvalue weighted by Gasteiger charge is 2.22. The van der Waals surface area contributed by atoms with Crippen LogP contribution in [0.1, 0.15) is 20.7 Å². The van der Waals surface area contributed by atoms with Crippen LogP contribution in [0.25, 0.3) is 0 Å². The van der Waals surface area contributed by atoms with Gasteiger partial charge in [-0.2, -0.15) is 0 Å². The molecule has 0 aliphatic rings. The number of aldehydes is 1. The minimum Gasteiger partial charge on any atom is -0.298 e. The van der Waals surface area contributed by atoms with Crippen molar-refractivity contribution in [1.29, 1.82) is 0 Å². The number of nitro benzene ring substituents is 1. The van der Waals surface area contributed by atoms with E-state index < -0.39 is 22.2 Å². The van der Waals surface area contributed by atoms with E-state index in [1.54, 1.807) is 0 Å². The molecule has 0 aromatic heterocycles. The Hall–Kier alpha value is -1.63. The van der Waals surface area contributed by atoms with Gasteiger partial charge in [0, 0.05) is 0 Å². The molecule has 0 aliphatic heterocycles. The van der Waals surface area contributed by atoms with E-state index in [-0.39, 0.29) is 22.7 Å². The normalized spacial score (nSPS) is 9.88. The maximum atomic E-state index is 13.1. The molecule has 1 aromatic carbocycles. The summed E-state index contributed by atoms with van der Waals surface area (Å²) in [4.78, 5) is 31.5. The zero-order valence-electron chi connectivity index (χ0n) is 7.78. The number of nitro groups is 1. The molecular formula is C9H5BrFNO4. The zero-order chi connectivity index (χ0) is 12.3. The topological polar surface area (TPSA) is 77.3 Å². The van der Waals surface area contributed by atoms with Gasteiger partial charge in [-0.3, -0.25) is 19.7 Å². The maximum Gasteiger partial charge on any atom is 0.283 e. The van der Waals surface area contributed by atoms with Gasteiger partial charge in [-0.05, 0) is 6.07 Å². The van der Waals surface area contributed by atoms with E-state index in [9.17, 15) is 24.1 Å². The molecule has 0 bridgehead atoms. The molecule has 0 radical (unpaired) electrons. The van der Waals surface area contributed by atoms with Crippen molar-refractivity contribution in [3.8, 4) is 0 Å². The summed E-state index contributed by atoms with van der Waals surface area (Å²) in [5.74, 6) is -1.61. The second-order valence-electron chi connectivity index (χ2n) is 2.82. The highest BCUT2D eigenvalue weighted by atomic mass is 79.9. The van der Waals surface area contributed by atoms with Crippen LogP contribution >= 0.6 is 15.9 Å². The number of halogens is 2. The summed E-state index contributed by atoms with van der Waals surface area (Å²) >= 11 is 2.85. The lowest BCUT2D eigenvalue weighted by Gasteiger charge is -2.02. The first-order valence-corrected chi connectivity index (χ1v) is 5.15. The van der Waals surface area contributed by atoms with Crippen LogP contribution < -0.4 is 0 Å². The van der Waals surface area contributed by atoms with Crippen molar-refractivity contribution in [3.63, 3.8) is 0 Å². The quantitative estimate of drug-likeness (QED) is 0.280. The van der Waals surface area contributed by atoms with Gasteiger partial charge in [0.15, 0.2) is 12.1 Å². The summed E-state index contributed by atoms with van der Waals surface area (Å²) in [6.45, 7) is 0. The number of Topliss-reactive ketones (excluding diaryl/α,β-unsaturated/α-hetero) is 1. The predicted molar refractivity (Wildman–Crippen MR) is 56.6 cm³/mol. The fourth-order valence-corrected chi connectivity index (χ4v) is 1.42. The van der Waals surface area contributed by atoms with Gasteiger partial charge in [-0.15, -0.1) is 0 Å². The van der Waals surface area contributed by atoms with E-state index in [0.29, 0.717) is 6.07 Å². The fourth-order valence-electron chi connectivity index (χ4n) is 1.12. The molecule has 0 saturated heterocycles. The molecule has 1 rings (SSSR count). The molecule has 0 spiro atoms. The van der Waals surface area contributed by atoms with Gasteiger partial charge in [0.05, 0.1) is 27.4 Å². The van der Waals surface area contributed by atoms with Crippen LogP contribution in [0.4, 0.5) is 10.1 Å². The number of hydrogen-bond acceptors (Lipinski definition) is 4. The maximum absolute atomic E-state index is 13.1. The number of hydrogen-bond donors (Lipinski definition) is 0. The number of benzene rings is 1. The van der Waals surface area contributed by atoms with Crippen LogP contribution in [0.2, 0.25) is 0 Å². The number of carbonyl (C=O) groups excluding carboxylic acids is 2. The Morgan fingerprint density at radius 2 is 2.19 bits per heavy atom. The summed E-state index contributed by atoms with van der Waals surface area (Å²) in [5, 5.41) is 10.4. The van der Waals surface area contributed by atoms with Crippen LogP contribution in [0.15, 0.2) is 12.1 Å². The Labute approximate surface area is 97.5 Å². The highest BCUT2D eigenvalue weighted by Crippen LogP contribution is 2.23. The van der Waals surface area contributed by atoms with E-state index in [1.807, 2.05) is 0 Å². The minimum absolute atomic E-state index is 0.141. The monoisotopic (exact) mass is 289 g/mol. The molecule has 84 valence electrons. The third-order valence-corrected chi connectivity index (χ3v) is 2.37. The van der Waals surface area contributed by atoms with Crippen LogP contribution in [-0.4, -0.2) is 22.3 Å². The summed E-state index contributed by atoms with van der Waals surface area (Å²) in [7, 11) is 0. The molecule has 0 fully saturated rings. The van der Waals surface area contributed by atoms with Crippen molar-refractivity contribution in [2.45, 2.75) is 0 Å². The average molecular weight is 290 g/mol. The Kier molecular flexibility index (Phi) is 3.83. The van der Waals surface area contributed by atoms with Gasteiger partial charge >= 0.3 is 0 Å². The molecule has 0 N–H and O–H groups in total. The Bertz CT molecular complexity index is 475. The van der Waals surface area contributed by atoms with Crippen LogP contribution in [0.3, 0.4) is 0 Å². The second-order valence-corrected chi connectivity index (χ2v) is 3.38. The van der Waals surface area contributed by atoms with E-state index in [4.69, 9.17) is 0 Å². The van der Waals surface area contributed by atoms with E-state index >= 15 is 0 Å². The predicted octanol–water partition coefficient (Wildman–Crippen LogP) is 2.12. The third-order valence-electron chi connectivity index (χ3n) is 1.86. The van der Waals surface area contributed by atoms with E-state index in [0.717, 1.165) is 6.07 Å². The summed E-state index contributed by atoms with van der Waals surface area (Å²) < 4.78 is 13.1. The first-order chi connectivity index (χ1) is 7.51. The summed E-state index contributed by atoms with van der Waals surface area (Å²) in [6.07, 6.45) is 0.198. The molecule has 0 unspecified atom stereocenters. The number of carbonyl (C=O) groups is 2. The third kappa shape index (κ3) is 2.30. The second kappa shape index (κ2) is 4.93.